The molecule has 1 saturated heterocycles. The molecule has 0 N–H and O–H groups in total. The molecule has 0 aromatic rings. The number of nitrogens with zero attached hydrogens (tertiary/aromatic N) is 2. The average Bonchev–Trinajstić information content (AvgIpc) is 2.25. The minimum absolute atomic E-state index is 0.115. The van der Waals surface area contributed by atoms with Crippen LogP contribution < -0.4 is 0 Å². The Balaban J connectivity index is 2.39. The Kier molecular flexibility index (Phi) is 5.55. The molecule has 1 heterocycles. The van der Waals surface area contributed by atoms with Gasteiger partial charge in [-0.1, -0.05) is 0 Å². The third-order valence-electron chi connectivity index (χ3n) is 3.49. The number of piperazine rings is 1. The van der Waals surface area contributed by atoms with Gasteiger partial charge in [-0.2, -0.15) is 0 Å². The number of rotatable bonds is 4. The first-order chi connectivity index (χ1) is 8.89. The standard InChI is InChI=1S/C15H30F2N2O/c1-13(2,3)19-9-7-18(8-10-19)11-15(16,17)12-20-14(4,5)6/h7-12H2,1-6H3. The molecule has 1 fully saturated rings. The van der Waals surface area contributed by atoms with Crippen LogP contribution in [-0.4, -0.2) is 66.2 Å². The molecule has 0 spiro atoms. The molecule has 0 atom stereocenters. The van der Waals surface area contributed by atoms with Gasteiger partial charge in [0.15, 0.2) is 0 Å². The maximum atomic E-state index is 13.9. The van der Waals surface area contributed by atoms with Crippen LogP contribution in [0.25, 0.3) is 0 Å². The van der Waals surface area contributed by atoms with Crippen molar-refractivity contribution in [3.05, 3.63) is 0 Å². The summed E-state index contributed by atoms with van der Waals surface area (Å²) in [5, 5.41) is 0. The van der Waals surface area contributed by atoms with Crippen LogP contribution in [0.5, 0.6) is 0 Å². The molecule has 20 heavy (non-hydrogen) atoms. The van der Waals surface area contributed by atoms with E-state index in [9.17, 15) is 8.78 Å². The molecule has 0 aliphatic carbocycles. The molecule has 1 rings (SSSR count). The number of ether oxygens (including phenoxy) is 1. The van der Waals surface area contributed by atoms with E-state index in [1.807, 2.05) is 4.90 Å². The van der Waals surface area contributed by atoms with Gasteiger partial charge in [0.05, 0.1) is 12.1 Å². The number of alkyl halides is 2. The maximum Gasteiger partial charge on any atom is 0.283 e. The largest absolute Gasteiger partial charge is 0.370 e. The lowest BCUT2D eigenvalue weighted by Gasteiger charge is -2.43. The summed E-state index contributed by atoms with van der Waals surface area (Å²) in [5.41, 5.74) is -0.404. The fourth-order valence-electron chi connectivity index (χ4n) is 2.27. The SMILES string of the molecule is CC(C)(C)OCC(F)(F)CN1CCN(C(C)(C)C)CC1. The maximum absolute atomic E-state index is 13.9. The van der Waals surface area contributed by atoms with Gasteiger partial charge in [-0.15, -0.1) is 0 Å². The van der Waals surface area contributed by atoms with Crippen molar-refractivity contribution >= 4 is 0 Å². The van der Waals surface area contributed by atoms with E-state index in [4.69, 9.17) is 4.74 Å². The van der Waals surface area contributed by atoms with Crippen LogP contribution in [0.3, 0.4) is 0 Å². The van der Waals surface area contributed by atoms with Crippen molar-refractivity contribution in [2.75, 3.05) is 39.3 Å². The molecule has 120 valence electrons. The zero-order valence-corrected chi connectivity index (χ0v) is 13.8. The molecular weight excluding hydrogens is 262 g/mol. The molecule has 0 amide bonds. The fraction of sp³-hybridized carbons (Fsp3) is 1.00. The highest BCUT2D eigenvalue weighted by atomic mass is 19.3. The van der Waals surface area contributed by atoms with Crippen molar-refractivity contribution < 1.29 is 13.5 Å². The summed E-state index contributed by atoms with van der Waals surface area (Å²) in [7, 11) is 0. The minimum Gasteiger partial charge on any atom is -0.370 e. The zero-order chi connectivity index (χ0) is 15.6. The van der Waals surface area contributed by atoms with Gasteiger partial charge in [-0.25, -0.2) is 8.78 Å². The van der Waals surface area contributed by atoms with Crippen LogP contribution in [0.15, 0.2) is 0 Å². The van der Waals surface area contributed by atoms with Gasteiger partial charge >= 0.3 is 0 Å². The Morgan fingerprint density at radius 2 is 1.40 bits per heavy atom. The second kappa shape index (κ2) is 6.24. The zero-order valence-electron chi connectivity index (χ0n) is 13.8. The van der Waals surface area contributed by atoms with Crippen molar-refractivity contribution in [2.24, 2.45) is 0 Å². The van der Waals surface area contributed by atoms with Crippen LogP contribution in [0, 0.1) is 0 Å². The lowest BCUT2D eigenvalue weighted by atomic mass is 10.0. The molecular formula is C15H30F2N2O. The molecule has 0 aromatic carbocycles. The smallest absolute Gasteiger partial charge is 0.283 e. The van der Waals surface area contributed by atoms with Gasteiger partial charge in [-0.05, 0) is 41.5 Å². The lowest BCUT2D eigenvalue weighted by molar-refractivity contribution is -0.135. The van der Waals surface area contributed by atoms with Gasteiger partial charge in [0, 0.05) is 31.7 Å². The first kappa shape index (κ1) is 17.8. The summed E-state index contributed by atoms with van der Waals surface area (Å²) in [6.45, 7) is 14.3. The fourth-order valence-corrected chi connectivity index (χ4v) is 2.27. The molecule has 1 aliphatic heterocycles. The van der Waals surface area contributed by atoms with Crippen molar-refractivity contribution in [3.8, 4) is 0 Å². The molecule has 0 unspecified atom stereocenters. The second-order valence-corrected chi connectivity index (χ2v) is 7.69. The van der Waals surface area contributed by atoms with Crippen LogP contribution in [-0.2, 0) is 4.74 Å². The van der Waals surface area contributed by atoms with E-state index >= 15 is 0 Å². The Bertz CT molecular complexity index is 300. The Morgan fingerprint density at radius 1 is 0.900 bits per heavy atom. The van der Waals surface area contributed by atoms with Crippen LogP contribution in [0.4, 0.5) is 8.78 Å². The van der Waals surface area contributed by atoms with Crippen LogP contribution in [0.2, 0.25) is 0 Å². The average molecular weight is 292 g/mol. The molecule has 0 bridgehead atoms. The summed E-state index contributed by atoms with van der Waals surface area (Å²) >= 11 is 0. The predicted octanol–water partition coefficient (Wildman–Crippen LogP) is 2.85. The lowest BCUT2D eigenvalue weighted by Crippen LogP contribution is -2.55. The van der Waals surface area contributed by atoms with E-state index in [1.165, 1.54) is 0 Å². The van der Waals surface area contributed by atoms with Gasteiger partial charge in [0.25, 0.3) is 5.92 Å². The van der Waals surface area contributed by atoms with E-state index in [1.54, 1.807) is 20.8 Å². The number of halogens is 2. The van der Waals surface area contributed by atoms with Gasteiger partial charge < -0.3 is 4.74 Å². The minimum atomic E-state index is -2.78. The van der Waals surface area contributed by atoms with E-state index in [0.29, 0.717) is 13.1 Å². The second-order valence-electron chi connectivity index (χ2n) is 7.69. The van der Waals surface area contributed by atoms with Gasteiger partial charge in [0.2, 0.25) is 0 Å². The number of hydrogen-bond donors (Lipinski definition) is 0. The topological polar surface area (TPSA) is 15.7 Å². The molecule has 0 saturated carbocycles. The summed E-state index contributed by atoms with van der Waals surface area (Å²) in [4.78, 5) is 4.18. The summed E-state index contributed by atoms with van der Waals surface area (Å²) in [6.07, 6.45) is 0. The van der Waals surface area contributed by atoms with E-state index < -0.39 is 18.1 Å². The van der Waals surface area contributed by atoms with Crippen LogP contribution >= 0.6 is 0 Å². The summed E-state index contributed by atoms with van der Waals surface area (Å²) in [5.74, 6) is -2.78. The predicted molar refractivity (Wildman–Crippen MR) is 78.4 cm³/mol. The normalized spacial score (nSPS) is 20.4. The molecule has 3 nitrogen and oxygen atoms in total. The van der Waals surface area contributed by atoms with E-state index in [0.717, 1.165) is 13.1 Å². The van der Waals surface area contributed by atoms with Gasteiger partial charge in [-0.3, -0.25) is 9.80 Å². The third-order valence-corrected chi connectivity index (χ3v) is 3.49. The summed E-state index contributed by atoms with van der Waals surface area (Å²) < 4.78 is 33.0. The molecule has 0 aromatic heterocycles. The number of hydrogen-bond acceptors (Lipinski definition) is 3. The Labute approximate surface area is 122 Å². The Morgan fingerprint density at radius 3 is 1.80 bits per heavy atom. The monoisotopic (exact) mass is 292 g/mol. The van der Waals surface area contributed by atoms with Crippen molar-refractivity contribution in [1.82, 2.24) is 9.80 Å². The van der Waals surface area contributed by atoms with Gasteiger partial charge in [0.1, 0.15) is 6.61 Å². The molecule has 5 heteroatoms. The highest BCUT2D eigenvalue weighted by Crippen LogP contribution is 2.22. The van der Waals surface area contributed by atoms with E-state index in [-0.39, 0.29) is 12.1 Å². The highest BCUT2D eigenvalue weighted by molar-refractivity contribution is 4.84. The van der Waals surface area contributed by atoms with Crippen molar-refractivity contribution in [3.63, 3.8) is 0 Å². The first-order valence-corrected chi connectivity index (χ1v) is 7.38. The molecule has 1 aliphatic rings. The molecule has 0 radical (unpaired) electrons. The summed E-state index contributed by atoms with van der Waals surface area (Å²) in [6, 6.07) is 0. The van der Waals surface area contributed by atoms with Crippen molar-refractivity contribution in [2.45, 2.75) is 58.6 Å². The quantitative estimate of drug-likeness (QED) is 0.792. The van der Waals surface area contributed by atoms with E-state index in [2.05, 4.69) is 25.7 Å². The first-order valence-electron chi connectivity index (χ1n) is 7.38. The highest BCUT2D eigenvalue weighted by Gasteiger charge is 2.35. The Hall–Kier alpha value is -0.260. The van der Waals surface area contributed by atoms with Crippen molar-refractivity contribution in [1.29, 1.82) is 0 Å². The van der Waals surface area contributed by atoms with Crippen LogP contribution in [0.1, 0.15) is 41.5 Å². The third kappa shape index (κ3) is 6.46.